The van der Waals surface area contributed by atoms with E-state index in [2.05, 4.69) is 50.1 Å². The topological polar surface area (TPSA) is 88.9 Å². The molecule has 1 aromatic heterocycles. The van der Waals surface area contributed by atoms with Gasteiger partial charge in [0.05, 0.1) is 25.5 Å². The fourth-order valence-electron chi connectivity index (χ4n) is 4.74. The molecule has 37 heavy (non-hydrogen) atoms. The highest BCUT2D eigenvalue weighted by molar-refractivity contribution is 5.94. The van der Waals surface area contributed by atoms with Crippen molar-refractivity contribution >= 4 is 11.8 Å². The number of ether oxygens (including phenoxy) is 2. The van der Waals surface area contributed by atoms with Gasteiger partial charge >= 0.3 is 0 Å². The Morgan fingerprint density at radius 3 is 2.16 bits per heavy atom. The van der Waals surface area contributed by atoms with Crippen molar-refractivity contribution in [2.24, 2.45) is 11.8 Å². The van der Waals surface area contributed by atoms with E-state index in [-0.39, 0.29) is 24.3 Å². The molecule has 2 aromatic rings. The lowest BCUT2D eigenvalue weighted by molar-refractivity contribution is -0.133. The molecule has 3 rings (SSSR count). The number of amides is 2. The third-order valence-corrected chi connectivity index (χ3v) is 6.60. The molecular formula is C28H43N5O4. The van der Waals surface area contributed by atoms with Crippen LogP contribution in [-0.4, -0.2) is 84.9 Å². The van der Waals surface area contributed by atoms with Crippen molar-refractivity contribution in [1.29, 1.82) is 0 Å². The second kappa shape index (κ2) is 12.9. The van der Waals surface area contributed by atoms with Crippen LogP contribution < -0.4 is 14.8 Å². The van der Waals surface area contributed by atoms with Gasteiger partial charge in [0, 0.05) is 45.2 Å². The zero-order valence-corrected chi connectivity index (χ0v) is 23.4. The molecule has 1 saturated heterocycles. The average molecular weight is 514 g/mol. The Bertz CT molecular complexity index is 1030. The van der Waals surface area contributed by atoms with Crippen molar-refractivity contribution in [1.82, 2.24) is 24.9 Å². The van der Waals surface area contributed by atoms with Crippen LogP contribution in [-0.2, 0) is 11.3 Å². The SMILES string of the molecule is COc1cccc(OC)c1-c1cc(C(=O)N[C@H](CC(=O)N2CCN(C)CC2)CC(C)C)nn1CC(C)C. The second-order valence-electron chi connectivity index (χ2n) is 10.7. The molecule has 204 valence electrons. The summed E-state index contributed by atoms with van der Waals surface area (Å²) in [6.07, 6.45) is 0.999. The third kappa shape index (κ3) is 7.47. The Hall–Kier alpha value is -3.07. The molecule has 9 nitrogen and oxygen atoms in total. The molecule has 0 aliphatic carbocycles. The van der Waals surface area contributed by atoms with Crippen molar-refractivity contribution in [2.75, 3.05) is 47.4 Å². The van der Waals surface area contributed by atoms with E-state index in [1.165, 1.54) is 0 Å². The zero-order valence-electron chi connectivity index (χ0n) is 23.4. The van der Waals surface area contributed by atoms with Crippen molar-refractivity contribution in [3.63, 3.8) is 0 Å². The van der Waals surface area contributed by atoms with Gasteiger partial charge in [-0.15, -0.1) is 0 Å². The Kier molecular flexibility index (Phi) is 9.97. The average Bonchev–Trinajstić information content (AvgIpc) is 3.26. The summed E-state index contributed by atoms with van der Waals surface area (Å²) in [5, 5.41) is 7.79. The first-order chi connectivity index (χ1) is 17.6. The van der Waals surface area contributed by atoms with Crippen LogP contribution in [0.15, 0.2) is 24.3 Å². The van der Waals surface area contributed by atoms with Gasteiger partial charge in [0.2, 0.25) is 5.91 Å². The summed E-state index contributed by atoms with van der Waals surface area (Å²) in [7, 11) is 5.29. The largest absolute Gasteiger partial charge is 0.496 e. The van der Waals surface area contributed by atoms with Crippen LogP contribution >= 0.6 is 0 Å². The first kappa shape index (κ1) is 28.5. The summed E-state index contributed by atoms with van der Waals surface area (Å²) < 4.78 is 13.1. The van der Waals surface area contributed by atoms with Crippen LogP contribution in [0.5, 0.6) is 11.5 Å². The van der Waals surface area contributed by atoms with Crippen molar-refractivity contribution in [2.45, 2.75) is 53.1 Å². The van der Waals surface area contributed by atoms with Gasteiger partial charge in [-0.2, -0.15) is 5.10 Å². The highest BCUT2D eigenvalue weighted by atomic mass is 16.5. The van der Waals surface area contributed by atoms with E-state index in [9.17, 15) is 9.59 Å². The minimum Gasteiger partial charge on any atom is -0.496 e. The Morgan fingerprint density at radius 2 is 1.62 bits per heavy atom. The molecule has 1 aliphatic heterocycles. The maximum Gasteiger partial charge on any atom is 0.272 e. The third-order valence-electron chi connectivity index (χ3n) is 6.60. The molecule has 9 heteroatoms. The molecule has 1 N–H and O–H groups in total. The number of piperazine rings is 1. The molecule has 1 atom stereocenters. The highest BCUT2D eigenvalue weighted by Gasteiger charge is 2.26. The molecular weight excluding hydrogens is 470 g/mol. The molecule has 0 unspecified atom stereocenters. The van der Waals surface area contributed by atoms with Gasteiger partial charge in [-0.05, 0) is 43.5 Å². The molecule has 0 saturated carbocycles. The van der Waals surface area contributed by atoms with Gasteiger partial charge in [-0.3, -0.25) is 14.3 Å². The number of methoxy groups -OCH3 is 2. The maximum atomic E-state index is 13.4. The lowest BCUT2D eigenvalue weighted by Crippen LogP contribution is -2.49. The van der Waals surface area contributed by atoms with Crippen LogP contribution in [0, 0.1) is 11.8 Å². The molecule has 2 heterocycles. The maximum absolute atomic E-state index is 13.4. The summed E-state index contributed by atoms with van der Waals surface area (Å²) in [6, 6.07) is 7.12. The lowest BCUT2D eigenvalue weighted by Gasteiger charge is -2.33. The number of hydrogen-bond acceptors (Lipinski definition) is 6. The summed E-state index contributed by atoms with van der Waals surface area (Å²) in [5.41, 5.74) is 1.81. The molecule has 2 amide bonds. The standard InChI is InChI=1S/C28H43N5O4/c1-19(2)15-21(16-26(34)32-13-11-31(5)12-14-32)29-28(35)22-17-23(33(30-22)18-20(3)4)27-24(36-6)9-8-10-25(27)37-7/h8-10,17,19-21H,11-16,18H2,1-7H3,(H,29,35)/t21-/m0/s1. The Balaban J connectivity index is 1.86. The fourth-order valence-corrected chi connectivity index (χ4v) is 4.74. The molecule has 1 aromatic carbocycles. The number of hydrogen-bond donors (Lipinski definition) is 1. The van der Waals surface area contributed by atoms with E-state index in [1.807, 2.05) is 27.8 Å². The Morgan fingerprint density at radius 1 is 1.00 bits per heavy atom. The number of rotatable bonds is 11. The predicted molar refractivity (Wildman–Crippen MR) is 145 cm³/mol. The van der Waals surface area contributed by atoms with Crippen LogP contribution in [0.1, 0.15) is 51.0 Å². The number of nitrogens with one attached hydrogen (secondary N) is 1. The summed E-state index contributed by atoms with van der Waals surface area (Å²) in [4.78, 5) is 30.6. The predicted octanol–water partition coefficient (Wildman–Crippen LogP) is 3.53. The number of carbonyl (C=O) groups is 2. The monoisotopic (exact) mass is 513 g/mol. The van der Waals surface area contributed by atoms with Crippen molar-refractivity contribution < 1.29 is 19.1 Å². The fraction of sp³-hybridized carbons (Fsp3) is 0.607. The van der Waals surface area contributed by atoms with Gasteiger partial charge in [0.15, 0.2) is 5.69 Å². The minimum absolute atomic E-state index is 0.0869. The quantitative estimate of drug-likeness (QED) is 0.495. The van der Waals surface area contributed by atoms with Crippen LogP contribution in [0.3, 0.4) is 0 Å². The Labute approximate surface area is 221 Å². The first-order valence-electron chi connectivity index (χ1n) is 13.2. The number of nitrogens with zero attached hydrogens (tertiary/aromatic N) is 4. The number of aromatic nitrogens is 2. The molecule has 1 aliphatic rings. The molecule has 0 spiro atoms. The van der Waals surface area contributed by atoms with Crippen LogP contribution in [0.4, 0.5) is 0 Å². The van der Waals surface area contributed by atoms with Gasteiger partial charge in [0.1, 0.15) is 11.5 Å². The van der Waals surface area contributed by atoms with E-state index >= 15 is 0 Å². The summed E-state index contributed by atoms with van der Waals surface area (Å²) in [5.74, 6) is 1.74. The minimum atomic E-state index is -0.283. The van der Waals surface area contributed by atoms with Gasteiger partial charge in [-0.1, -0.05) is 33.8 Å². The van der Waals surface area contributed by atoms with Crippen molar-refractivity contribution in [3.05, 3.63) is 30.0 Å². The zero-order chi connectivity index (χ0) is 27.1. The summed E-state index contributed by atoms with van der Waals surface area (Å²) >= 11 is 0. The van der Waals surface area contributed by atoms with Crippen LogP contribution in [0.2, 0.25) is 0 Å². The summed E-state index contributed by atoms with van der Waals surface area (Å²) in [6.45, 7) is 12.2. The number of carbonyl (C=O) groups excluding carboxylic acids is 2. The molecule has 0 radical (unpaired) electrons. The first-order valence-corrected chi connectivity index (χ1v) is 13.2. The van der Waals surface area contributed by atoms with Gasteiger partial charge in [-0.25, -0.2) is 0 Å². The van der Waals surface area contributed by atoms with E-state index < -0.39 is 0 Å². The lowest BCUT2D eigenvalue weighted by atomic mass is 10.00. The number of likely N-dealkylation sites (N-methyl/N-ethyl adjacent to an activating group) is 1. The van der Waals surface area contributed by atoms with Crippen molar-refractivity contribution in [3.8, 4) is 22.8 Å². The van der Waals surface area contributed by atoms with E-state index in [1.54, 1.807) is 20.3 Å². The van der Waals surface area contributed by atoms with E-state index in [4.69, 9.17) is 9.47 Å². The van der Waals surface area contributed by atoms with Crippen LogP contribution in [0.25, 0.3) is 11.3 Å². The molecule has 1 fully saturated rings. The number of benzene rings is 1. The van der Waals surface area contributed by atoms with Gasteiger partial charge < -0.3 is 24.6 Å². The molecule has 0 bridgehead atoms. The van der Waals surface area contributed by atoms with Gasteiger partial charge in [0.25, 0.3) is 5.91 Å². The van der Waals surface area contributed by atoms with E-state index in [0.717, 1.165) is 37.4 Å². The van der Waals surface area contributed by atoms with E-state index in [0.29, 0.717) is 42.0 Å². The normalized spacial score (nSPS) is 15.2. The second-order valence-corrected chi connectivity index (χ2v) is 10.7. The smallest absolute Gasteiger partial charge is 0.272 e. The highest BCUT2D eigenvalue weighted by Crippen LogP contribution is 2.38.